The molecule has 4 N–H and O–H groups in total. The van der Waals surface area contributed by atoms with Crippen molar-refractivity contribution in [2.75, 3.05) is 6.61 Å². The molecular weight excluding hydrogens is 582 g/mol. The lowest BCUT2D eigenvalue weighted by atomic mass is 10.0. The van der Waals surface area contributed by atoms with Gasteiger partial charge in [0.15, 0.2) is 0 Å². The van der Waals surface area contributed by atoms with Crippen molar-refractivity contribution in [3.05, 3.63) is 48.6 Å². The highest BCUT2D eigenvalue weighted by Crippen LogP contribution is 2.14. The molecule has 0 bridgehead atoms. The quantitative estimate of drug-likeness (QED) is 0.0310. The number of aliphatic hydroxyl groups is 3. The van der Waals surface area contributed by atoms with Crippen molar-refractivity contribution < 1.29 is 20.1 Å². The molecule has 1 amide bonds. The zero-order valence-corrected chi connectivity index (χ0v) is 30.9. The summed E-state index contributed by atoms with van der Waals surface area (Å²) < 4.78 is 0. The third-order valence-corrected chi connectivity index (χ3v) is 8.87. The average Bonchev–Trinajstić information content (AvgIpc) is 3.06. The smallest absolute Gasteiger partial charge is 0.222 e. The highest BCUT2D eigenvalue weighted by atomic mass is 16.3. The van der Waals surface area contributed by atoms with Crippen LogP contribution in [0.5, 0.6) is 0 Å². The maximum atomic E-state index is 12.4. The van der Waals surface area contributed by atoms with E-state index in [1.165, 1.54) is 103 Å². The predicted octanol–water partition coefficient (Wildman–Crippen LogP) is 11.0. The Hall–Kier alpha value is -1.69. The first kappa shape index (κ1) is 45.3. The molecule has 5 nitrogen and oxygen atoms in total. The van der Waals surface area contributed by atoms with E-state index in [1.54, 1.807) is 6.08 Å². The summed E-state index contributed by atoms with van der Waals surface area (Å²) in [6, 6.07) is -0.767. The molecule has 0 fully saturated rings. The van der Waals surface area contributed by atoms with Crippen LogP contribution in [0.4, 0.5) is 0 Å². The summed E-state index contributed by atoms with van der Waals surface area (Å²) in [5.74, 6) is -0.340. The first-order valence-corrected chi connectivity index (χ1v) is 19.9. The summed E-state index contributed by atoms with van der Waals surface area (Å²) >= 11 is 0. The van der Waals surface area contributed by atoms with Crippen molar-refractivity contribution in [2.45, 2.75) is 205 Å². The van der Waals surface area contributed by atoms with Gasteiger partial charge in [-0.1, -0.05) is 172 Å². The minimum atomic E-state index is -0.957. The topological polar surface area (TPSA) is 89.8 Å². The lowest BCUT2D eigenvalue weighted by Crippen LogP contribution is -2.45. The monoisotopic (exact) mass is 660 g/mol. The van der Waals surface area contributed by atoms with Crippen LogP contribution in [0.25, 0.3) is 0 Å². The SMILES string of the molecule is CCCCC/C=C\C=C/CCCCCCC(O)CC(=O)NC(CO)C(O)/C=C/CC/C=C/CCCCCCCCCCCCCCC. The van der Waals surface area contributed by atoms with Crippen LogP contribution < -0.4 is 5.32 Å². The van der Waals surface area contributed by atoms with Crippen molar-refractivity contribution >= 4 is 5.91 Å². The molecule has 0 radical (unpaired) electrons. The summed E-state index contributed by atoms with van der Waals surface area (Å²) in [5, 5.41) is 33.1. The molecule has 3 atom stereocenters. The molecule has 0 aromatic rings. The molecule has 5 heteroatoms. The Morgan fingerprint density at radius 2 is 0.979 bits per heavy atom. The number of hydrogen-bond donors (Lipinski definition) is 4. The Labute approximate surface area is 291 Å². The molecule has 0 aliphatic heterocycles. The Kier molecular flexibility index (Phi) is 35.8. The van der Waals surface area contributed by atoms with E-state index in [2.05, 4.69) is 55.6 Å². The highest BCUT2D eigenvalue weighted by Gasteiger charge is 2.20. The van der Waals surface area contributed by atoms with Crippen molar-refractivity contribution in [1.82, 2.24) is 5.32 Å². The average molecular weight is 660 g/mol. The van der Waals surface area contributed by atoms with Gasteiger partial charge in [0.2, 0.25) is 5.91 Å². The summed E-state index contributed by atoms with van der Waals surface area (Å²) in [7, 11) is 0. The Morgan fingerprint density at radius 1 is 0.553 bits per heavy atom. The van der Waals surface area contributed by atoms with Crippen molar-refractivity contribution in [3.8, 4) is 0 Å². The van der Waals surface area contributed by atoms with Gasteiger partial charge in [-0.15, -0.1) is 0 Å². The number of allylic oxidation sites excluding steroid dienone is 7. The molecule has 0 rings (SSSR count). The van der Waals surface area contributed by atoms with Gasteiger partial charge < -0.3 is 20.6 Å². The summed E-state index contributed by atoms with van der Waals surface area (Å²) in [4.78, 5) is 12.4. The molecule has 0 saturated carbocycles. The molecule has 47 heavy (non-hydrogen) atoms. The lowest BCUT2D eigenvalue weighted by Gasteiger charge is -2.20. The molecule has 0 aromatic carbocycles. The predicted molar refractivity (Wildman–Crippen MR) is 204 cm³/mol. The van der Waals surface area contributed by atoms with Crippen LogP contribution in [0.3, 0.4) is 0 Å². The number of nitrogens with one attached hydrogen (secondary N) is 1. The minimum Gasteiger partial charge on any atom is -0.394 e. The van der Waals surface area contributed by atoms with E-state index in [-0.39, 0.29) is 18.9 Å². The first-order valence-electron chi connectivity index (χ1n) is 19.9. The van der Waals surface area contributed by atoms with Gasteiger partial charge in [-0.25, -0.2) is 0 Å². The van der Waals surface area contributed by atoms with Gasteiger partial charge in [0.25, 0.3) is 0 Å². The number of unbranched alkanes of at least 4 members (excludes halogenated alkanes) is 21. The largest absolute Gasteiger partial charge is 0.394 e. The van der Waals surface area contributed by atoms with E-state index >= 15 is 0 Å². The van der Waals surface area contributed by atoms with Crippen molar-refractivity contribution in [1.29, 1.82) is 0 Å². The molecular formula is C42H77NO4. The summed E-state index contributed by atoms with van der Waals surface area (Å²) in [6.45, 7) is 4.15. The van der Waals surface area contributed by atoms with Gasteiger partial charge in [0.1, 0.15) is 0 Å². The number of carbonyl (C=O) groups is 1. The van der Waals surface area contributed by atoms with E-state index in [0.717, 1.165) is 57.8 Å². The summed E-state index contributed by atoms with van der Waals surface area (Å²) in [6.07, 6.45) is 46.7. The minimum absolute atomic E-state index is 0.00961. The third kappa shape index (κ3) is 34.0. The fourth-order valence-corrected chi connectivity index (χ4v) is 5.76. The molecule has 0 aromatic heterocycles. The number of hydrogen-bond acceptors (Lipinski definition) is 4. The molecule has 0 aliphatic rings. The summed E-state index contributed by atoms with van der Waals surface area (Å²) in [5.41, 5.74) is 0. The van der Waals surface area contributed by atoms with Crippen LogP contribution >= 0.6 is 0 Å². The second kappa shape index (κ2) is 37.1. The number of carbonyl (C=O) groups excluding carboxylic acids is 1. The molecule has 3 unspecified atom stereocenters. The normalized spacial score (nSPS) is 14.2. The molecule has 0 aliphatic carbocycles. The van der Waals surface area contributed by atoms with Gasteiger partial charge in [0.05, 0.1) is 31.3 Å². The van der Waals surface area contributed by atoms with E-state index < -0.39 is 18.2 Å². The second-order valence-corrected chi connectivity index (χ2v) is 13.6. The second-order valence-electron chi connectivity index (χ2n) is 13.6. The van der Waals surface area contributed by atoms with Gasteiger partial charge in [0, 0.05) is 0 Å². The van der Waals surface area contributed by atoms with Crippen LogP contribution in [0.1, 0.15) is 187 Å². The van der Waals surface area contributed by atoms with Gasteiger partial charge in [-0.05, 0) is 57.8 Å². The maximum Gasteiger partial charge on any atom is 0.222 e. The fourth-order valence-electron chi connectivity index (χ4n) is 5.76. The Morgan fingerprint density at radius 3 is 1.53 bits per heavy atom. The van der Waals surface area contributed by atoms with E-state index in [9.17, 15) is 20.1 Å². The van der Waals surface area contributed by atoms with E-state index in [0.29, 0.717) is 6.42 Å². The molecule has 0 spiro atoms. The molecule has 274 valence electrons. The van der Waals surface area contributed by atoms with E-state index in [1.807, 2.05) is 6.08 Å². The lowest BCUT2D eigenvalue weighted by molar-refractivity contribution is -0.124. The van der Waals surface area contributed by atoms with Crippen LogP contribution in [-0.4, -0.2) is 46.1 Å². The standard InChI is InChI=1S/C42H77NO4/c1-3-5-7-9-11-13-15-17-18-19-20-21-22-24-26-28-30-32-34-36-41(46)40(38-44)43-42(47)37-39(45)35-33-31-29-27-25-23-16-14-12-10-8-6-4-2/h12,14,16,23,26,28,34,36,39-41,44-46H,3-11,13,15,17-22,24-25,27,29-33,35,37-38H2,1-2H3,(H,43,47)/b14-12-,23-16-,28-26+,36-34+. The number of amides is 1. The zero-order chi connectivity index (χ0) is 34.5. The van der Waals surface area contributed by atoms with Crippen LogP contribution in [0.2, 0.25) is 0 Å². The maximum absolute atomic E-state index is 12.4. The third-order valence-electron chi connectivity index (χ3n) is 8.87. The van der Waals surface area contributed by atoms with Crippen molar-refractivity contribution in [2.24, 2.45) is 0 Å². The molecule has 0 heterocycles. The highest BCUT2D eigenvalue weighted by molar-refractivity contribution is 5.76. The van der Waals surface area contributed by atoms with Crippen LogP contribution in [0.15, 0.2) is 48.6 Å². The fraction of sp³-hybridized carbons (Fsp3) is 0.786. The zero-order valence-electron chi connectivity index (χ0n) is 30.9. The van der Waals surface area contributed by atoms with Gasteiger partial charge >= 0.3 is 0 Å². The molecule has 0 saturated heterocycles. The van der Waals surface area contributed by atoms with Crippen LogP contribution in [0, 0.1) is 0 Å². The number of aliphatic hydroxyl groups excluding tert-OH is 3. The van der Waals surface area contributed by atoms with Gasteiger partial charge in [-0.2, -0.15) is 0 Å². The van der Waals surface area contributed by atoms with E-state index in [4.69, 9.17) is 0 Å². The first-order chi connectivity index (χ1) is 23.0. The van der Waals surface area contributed by atoms with Gasteiger partial charge in [-0.3, -0.25) is 4.79 Å². The van der Waals surface area contributed by atoms with Crippen molar-refractivity contribution in [3.63, 3.8) is 0 Å². The Bertz CT molecular complexity index is 775. The number of rotatable bonds is 35. The van der Waals surface area contributed by atoms with Crippen LogP contribution in [-0.2, 0) is 4.79 Å². The Balaban J connectivity index is 3.79.